The Balaban J connectivity index is 1.09. The Kier molecular flexibility index (Phi) is 13.3. The van der Waals surface area contributed by atoms with Gasteiger partial charge in [-0.15, -0.1) is 0 Å². The zero-order valence-corrected chi connectivity index (χ0v) is 25.9. The van der Waals surface area contributed by atoms with Crippen LogP contribution in [-0.4, -0.2) is 99.8 Å². The van der Waals surface area contributed by atoms with Gasteiger partial charge in [0.25, 0.3) is 11.8 Å². The van der Waals surface area contributed by atoms with E-state index in [1.807, 2.05) is 6.92 Å². The van der Waals surface area contributed by atoms with Gasteiger partial charge in [-0.1, -0.05) is 18.2 Å². The fourth-order valence-electron chi connectivity index (χ4n) is 4.86. The number of benzene rings is 2. The summed E-state index contributed by atoms with van der Waals surface area (Å²) in [4.78, 5) is 62.6. The second-order valence-electron chi connectivity index (χ2n) is 10.6. The van der Waals surface area contributed by atoms with Crippen LogP contribution in [0.1, 0.15) is 41.3 Å². The summed E-state index contributed by atoms with van der Waals surface area (Å²) in [7, 11) is 0. The molecule has 0 radical (unpaired) electrons. The maximum absolute atomic E-state index is 13.0. The summed E-state index contributed by atoms with van der Waals surface area (Å²) >= 11 is 0. The molecular weight excluding hydrogens is 598 g/mol. The molecule has 2 aromatic rings. The van der Waals surface area contributed by atoms with E-state index in [4.69, 9.17) is 18.9 Å². The van der Waals surface area contributed by atoms with Crippen molar-refractivity contribution < 1.29 is 42.9 Å². The van der Waals surface area contributed by atoms with Crippen molar-refractivity contribution in [3.8, 4) is 5.75 Å². The predicted octanol–water partition coefficient (Wildman–Crippen LogP) is 0.741. The van der Waals surface area contributed by atoms with Crippen LogP contribution in [0.5, 0.6) is 5.75 Å². The van der Waals surface area contributed by atoms with Gasteiger partial charge in [0.1, 0.15) is 11.8 Å². The van der Waals surface area contributed by atoms with Gasteiger partial charge in [-0.05, 0) is 48.7 Å². The molecular formula is C32H41N5O9. The zero-order valence-electron chi connectivity index (χ0n) is 25.9. The molecule has 0 aromatic heterocycles. The number of fused-ring (bicyclic) bond motifs is 1. The molecule has 1 fully saturated rings. The first-order valence-electron chi connectivity index (χ1n) is 15.3. The number of nitrogens with one attached hydrogen (secondary N) is 4. The summed E-state index contributed by atoms with van der Waals surface area (Å²) in [5, 5.41) is 10.9. The Morgan fingerprint density at radius 3 is 2.39 bits per heavy atom. The van der Waals surface area contributed by atoms with Crippen molar-refractivity contribution in [2.75, 3.05) is 64.7 Å². The van der Waals surface area contributed by atoms with E-state index in [2.05, 4.69) is 21.3 Å². The molecule has 5 amide bonds. The topological polar surface area (TPSA) is 174 Å². The Hall–Kier alpha value is -4.53. The van der Waals surface area contributed by atoms with Gasteiger partial charge in [-0.25, -0.2) is 0 Å². The Bertz CT molecular complexity index is 1370. The molecule has 4 N–H and O–H groups in total. The molecule has 0 spiro atoms. The number of hydrogen-bond acceptors (Lipinski definition) is 10. The maximum atomic E-state index is 13.0. The van der Waals surface area contributed by atoms with Gasteiger partial charge in [-0.3, -0.25) is 29.3 Å². The summed E-state index contributed by atoms with van der Waals surface area (Å²) in [5.74, 6) is -1.05. The van der Waals surface area contributed by atoms with Gasteiger partial charge < -0.3 is 39.8 Å². The number of nitrogens with zero attached hydrogens (tertiary/aromatic N) is 1. The summed E-state index contributed by atoms with van der Waals surface area (Å²) in [6.45, 7) is 5.76. The van der Waals surface area contributed by atoms with E-state index in [1.54, 1.807) is 42.5 Å². The van der Waals surface area contributed by atoms with Crippen molar-refractivity contribution in [2.24, 2.45) is 0 Å². The Morgan fingerprint density at radius 1 is 0.913 bits per heavy atom. The highest BCUT2D eigenvalue weighted by Gasteiger charge is 2.39. The lowest BCUT2D eigenvalue weighted by Gasteiger charge is -2.29. The second-order valence-corrected chi connectivity index (χ2v) is 10.6. The first kappa shape index (κ1) is 34.3. The van der Waals surface area contributed by atoms with Crippen LogP contribution in [-0.2, 0) is 46.5 Å². The molecule has 14 heteroatoms. The molecule has 1 saturated heterocycles. The van der Waals surface area contributed by atoms with Crippen LogP contribution in [0.2, 0.25) is 0 Å². The standard InChI is InChI=1S/C32H41N5O9/c1-2-43-13-14-45-16-15-44-12-11-33-30(40)21-46-25-7-3-22(4-8-25)18-35-29(39)19-34-24-6-5-23-20-37(32(42)26(23)17-24)27-9-10-28(38)36-31(27)41/h3-8,17,27,34H,2,9-16,18-21H2,1H3,(H,33,40)(H,35,39)(H,36,38,41). The summed E-state index contributed by atoms with van der Waals surface area (Å²) in [6.07, 6.45) is 0.493. The van der Waals surface area contributed by atoms with E-state index in [-0.39, 0.29) is 43.2 Å². The highest BCUT2D eigenvalue weighted by molar-refractivity contribution is 6.05. The molecule has 1 unspecified atom stereocenters. The van der Waals surface area contributed by atoms with E-state index in [0.29, 0.717) is 82.7 Å². The minimum Gasteiger partial charge on any atom is -0.484 e. The van der Waals surface area contributed by atoms with E-state index in [1.165, 1.54) is 4.90 Å². The van der Waals surface area contributed by atoms with Crippen LogP contribution in [0.15, 0.2) is 42.5 Å². The van der Waals surface area contributed by atoms with Crippen molar-refractivity contribution >= 4 is 35.2 Å². The molecule has 46 heavy (non-hydrogen) atoms. The van der Waals surface area contributed by atoms with Crippen LogP contribution < -0.4 is 26.0 Å². The van der Waals surface area contributed by atoms with E-state index in [9.17, 15) is 24.0 Å². The molecule has 1 atom stereocenters. The largest absolute Gasteiger partial charge is 0.484 e. The zero-order chi connectivity index (χ0) is 32.7. The van der Waals surface area contributed by atoms with Crippen molar-refractivity contribution in [1.82, 2.24) is 20.9 Å². The molecule has 248 valence electrons. The van der Waals surface area contributed by atoms with Crippen LogP contribution in [0.4, 0.5) is 5.69 Å². The summed E-state index contributed by atoms with van der Waals surface area (Å²) in [5.41, 5.74) is 2.70. The Labute approximate surface area is 267 Å². The summed E-state index contributed by atoms with van der Waals surface area (Å²) < 4.78 is 21.4. The van der Waals surface area contributed by atoms with Crippen molar-refractivity contribution in [1.29, 1.82) is 0 Å². The van der Waals surface area contributed by atoms with Crippen LogP contribution >= 0.6 is 0 Å². The number of rotatable bonds is 19. The van der Waals surface area contributed by atoms with Crippen molar-refractivity contribution in [2.45, 2.75) is 38.9 Å². The fraction of sp³-hybridized carbons (Fsp3) is 0.469. The average molecular weight is 640 g/mol. The van der Waals surface area contributed by atoms with Gasteiger partial charge in [0.05, 0.1) is 39.6 Å². The number of amides is 5. The minimum atomic E-state index is -0.677. The molecule has 4 rings (SSSR count). The lowest BCUT2D eigenvalue weighted by Crippen LogP contribution is -2.52. The number of imide groups is 1. The first-order chi connectivity index (χ1) is 22.3. The van der Waals surface area contributed by atoms with E-state index < -0.39 is 11.9 Å². The monoisotopic (exact) mass is 639 g/mol. The van der Waals surface area contributed by atoms with Gasteiger partial charge in [-0.2, -0.15) is 0 Å². The van der Waals surface area contributed by atoms with Crippen LogP contribution in [0, 0.1) is 0 Å². The average Bonchev–Trinajstić information content (AvgIpc) is 3.38. The maximum Gasteiger partial charge on any atom is 0.258 e. The van der Waals surface area contributed by atoms with Gasteiger partial charge >= 0.3 is 0 Å². The summed E-state index contributed by atoms with van der Waals surface area (Å²) in [6, 6.07) is 11.6. The number of anilines is 1. The minimum absolute atomic E-state index is 0.00651. The quantitative estimate of drug-likeness (QED) is 0.127. The molecule has 2 heterocycles. The third kappa shape index (κ3) is 10.5. The highest BCUT2D eigenvalue weighted by atomic mass is 16.5. The van der Waals surface area contributed by atoms with Crippen LogP contribution in [0.3, 0.4) is 0 Å². The molecule has 2 aliphatic heterocycles. The first-order valence-corrected chi connectivity index (χ1v) is 15.3. The van der Waals surface area contributed by atoms with Crippen LogP contribution in [0.25, 0.3) is 0 Å². The van der Waals surface area contributed by atoms with E-state index >= 15 is 0 Å². The predicted molar refractivity (Wildman–Crippen MR) is 166 cm³/mol. The Morgan fingerprint density at radius 2 is 1.65 bits per heavy atom. The number of ether oxygens (including phenoxy) is 4. The normalized spacial score (nSPS) is 15.7. The molecule has 0 bridgehead atoms. The number of hydrogen-bond donors (Lipinski definition) is 4. The van der Waals surface area contributed by atoms with E-state index in [0.717, 1.165) is 11.1 Å². The second kappa shape index (κ2) is 17.8. The van der Waals surface area contributed by atoms with Gasteiger partial charge in [0.15, 0.2) is 6.61 Å². The molecule has 0 saturated carbocycles. The highest BCUT2D eigenvalue weighted by Crippen LogP contribution is 2.29. The SMILES string of the molecule is CCOCCOCCOCCNC(=O)COc1ccc(CNC(=O)CNc2ccc3c(c2)C(=O)N(C2CCC(=O)NC2=O)C3)cc1. The van der Waals surface area contributed by atoms with Crippen molar-refractivity contribution in [3.05, 3.63) is 59.2 Å². The third-order valence-corrected chi connectivity index (χ3v) is 7.28. The van der Waals surface area contributed by atoms with Crippen molar-refractivity contribution in [3.63, 3.8) is 0 Å². The smallest absolute Gasteiger partial charge is 0.258 e. The lowest BCUT2D eigenvalue weighted by atomic mass is 10.0. The van der Waals surface area contributed by atoms with Gasteiger partial charge in [0, 0.05) is 43.9 Å². The van der Waals surface area contributed by atoms with Gasteiger partial charge in [0.2, 0.25) is 17.7 Å². The fourth-order valence-corrected chi connectivity index (χ4v) is 4.86. The lowest BCUT2D eigenvalue weighted by molar-refractivity contribution is -0.137. The molecule has 14 nitrogen and oxygen atoms in total. The molecule has 0 aliphatic carbocycles. The number of piperidine rings is 1. The molecule has 2 aromatic carbocycles. The third-order valence-electron chi connectivity index (χ3n) is 7.28. The number of carbonyl (C=O) groups excluding carboxylic acids is 5. The molecule has 2 aliphatic rings. The number of carbonyl (C=O) groups is 5.